The minimum atomic E-state index is -0.923. The predicted molar refractivity (Wildman–Crippen MR) is 69.9 cm³/mol. The molecular weight excluding hydrogens is 246 g/mol. The van der Waals surface area contributed by atoms with E-state index in [9.17, 15) is 14.7 Å². The second-order valence-corrected chi connectivity index (χ2v) is 6.58. The second-order valence-electron chi connectivity index (χ2n) is 6.58. The van der Waals surface area contributed by atoms with Gasteiger partial charge in [-0.15, -0.1) is 0 Å². The highest BCUT2D eigenvalue weighted by Crippen LogP contribution is 2.40. The molecule has 2 fully saturated rings. The molecule has 1 aliphatic carbocycles. The Morgan fingerprint density at radius 2 is 1.79 bits per heavy atom. The van der Waals surface area contributed by atoms with Gasteiger partial charge in [0.25, 0.3) is 0 Å². The molecule has 0 bridgehead atoms. The average Bonchev–Trinajstić information content (AvgIpc) is 2.56. The largest absolute Gasteiger partial charge is 0.480 e. The Morgan fingerprint density at radius 3 is 2.21 bits per heavy atom. The van der Waals surface area contributed by atoms with E-state index in [1.54, 1.807) is 20.8 Å². The van der Waals surface area contributed by atoms with Gasteiger partial charge < -0.3 is 9.84 Å². The van der Waals surface area contributed by atoms with E-state index in [0.717, 1.165) is 19.3 Å². The third-order valence-corrected chi connectivity index (χ3v) is 4.01. The molecule has 0 radical (unpaired) electrons. The van der Waals surface area contributed by atoms with Crippen LogP contribution in [0.5, 0.6) is 0 Å². The number of carboxylic acid groups (broad SMARTS) is 1. The van der Waals surface area contributed by atoms with Crippen molar-refractivity contribution in [3.63, 3.8) is 0 Å². The van der Waals surface area contributed by atoms with Gasteiger partial charge in [-0.2, -0.15) is 0 Å². The topological polar surface area (TPSA) is 66.8 Å². The van der Waals surface area contributed by atoms with Crippen molar-refractivity contribution in [2.24, 2.45) is 5.92 Å². The first kappa shape index (κ1) is 14.2. The van der Waals surface area contributed by atoms with E-state index in [4.69, 9.17) is 4.74 Å². The Bertz CT molecular complexity index is 370. The summed E-state index contributed by atoms with van der Waals surface area (Å²) >= 11 is 0. The average molecular weight is 269 g/mol. The van der Waals surface area contributed by atoms with E-state index in [1.807, 2.05) is 0 Å². The number of hydrogen-bond donors (Lipinski definition) is 1. The maximum atomic E-state index is 12.3. The number of amides is 1. The molecule has 1 aliphatic heterocycles. The molecule has 0 aromatic rings. The molecule has 5 nitrogen and oxygen atoms in total. The summed E-state index contributed by atoms with van der Waals surface area (Å²) < 4.78 is 5.37. The molecule has 1 heterocycles. The fraction of sp³-hybridized carbons (Fsp3) is 0.857. The number of carbonyl (C=O) groups excluding carboxylic acids is 1. The van der Waals surface area contributed by atoms with Crippen molar-refractivity contribution in [2.45, 2.75) is 70.6 Å². The quantitative estimate of drug-likeness (QED) is 0.836. The van der Waals surface area contributed by atoms with Crippen LogP contribution < -0.4 is 0 Å². The number of aliphatic carboxylic acids is 1. The molecule has 2 unspecified atom stereocenters. The Balaban J connectivity index is 2.13. The zero-order valence-corrected chi connectivity index (χ0v) is 11.9. The number of hydrogen-bond acceptors (Lipinski definition) is 3. The molecule has 2 atom stereocenters. The molecule has 5 heteroatoms. The van der Waals surface area contributed by atoms with Crippen LogP contribution in [0, 0.1) is 5.92 Å². The molecule has 0 spiro atoms. The summed E-state index contributed by atoms with van der Waals surface area (Å²) in [4.78, 5) is 25.1. The smallest absolute Gasteiger partial charge is 0.411 e. The molecule has 108 valence electrons. The van der Waals surface area contributed by atoms with Crippen LogP contribution in [0.1, 0.15) is 52.9 Å². The number of carbonyl (C=O) groups is 2. The van der Waals surface area contributed by atoms with Crippen molar-refractivity contribution in [1.82, 2.24) is 4.90 Å². The number of nitrogens with zero attached hydrogens (tertiary/aromatic N) is 1. The lowest BCUT2D eigenvalue weighted by atomic mass is 9.79. The summed E-state index contributed by atoms with van der Waals surface area (Å²) in [7, 11) is 0. The second kappa shape index (κ2) is 5.02. The minimum absolute atomic E-state index is 0.0460. The third kappa shape index (κ3) is 3.01. The summed E-state index contributed by atoms with van der Waals surface area (Å²) in [5.41, 5.74) is -0.590. The lowest BCUT2D eigenvalue weighted by Crippen LogP contribution is -2.50. The normalized spacial score (nSPS) is 28.1. The van der Waals surface area contributed by atoms with Crippen LogP contribution in [-0.2, 0) is 9.53 Å². The lowest BCUT2D eigenvalue weighted by Gasteiger charge is -2.38. The SMILES string of the molecule is CC(C)(C)OC(=O)N1C(C(=O)O)CCC1C1CCC1. The molecular formula is C14H23NO4. The molecule has 1 saturated heterocycles. The highest BCUT2D eigenvalue weighted by molar-refractivity contribution is 5.81. The Kier molecular flexibility index (Phi) is 3.74. The first-order chi connectivity index (χ1) is 8.79. The summed E-state index contributed by atoms with van der Waals surface area (Å²) in [6.07, 6.45) is 4.21. The van der Waals surface area contributed by atoms with Crippen molar-refractivity contribution in [2.75, 3.05) is 0 Å². The van der Waals surface area contributed by atoms with Gasteiger partial charge in [-0.1, -0.05) is 6.42 Å². The van der Waals surface area contributed by atoms with Gasteiger partial charge in [0.15, 0.2) is 0 Å². The third-order valence-electron chi connectivity index (χ3n) is 4.01. The summed E-state index contributed by atoms with van der Waals surface area (Å²) in [5, 5.41) is 9.27. The van der Waals surface area contributed by atoms with Gasteiger partial charge in [0.2, 0.25) is 0 Å². The van der Waals surface area contributed by atoms with Crippen LogP contribution in [0.25, 0.3) is 0 Å². The van der Waals surface area contributed by atoms with Gasteiger partial charge in [-0.25, -0.2) is 9.59 Å². The predicted octanol–water partition coefficient (Wildman–Crippen LogP) is 2.64. The number of rotatable bonds is 2. The highest BCUT2D eigenvalue weighted by Gasteiger charge is 2.46. The fourth-order valence-corrected chi connectivity index (χ4v) is 2.95. The maximum Gasteiger partial charge on any atom is 0.411 e. The Labute approximate surface area is 113 Å². The van der Waals surface area contributed by atoms with Crippen molar-refractivity contribution in [3.8, 4) is 0 Å². The van der Waals surface area contributed by atoms with E-state index in [1.165, 1.54) is 11.3 Å². The van der Waals surface area contributed by atoms with Gasteiger partial charge in [0.1, 0.15) is 11.6 Å². The molecule has 0 aromatic heterocycles. The van der Waals surface area contributed by atoms with Gasteiger partial charge in [0.05, 0.1) is 0 Å². The fourth-order valence-electron chi connectivity index (χ4n) is 2.95. The van der Waals surface area contributed by atoms with Crippen molar-refractivity contribution < 1.29 is 19.4 Å². The van der Waals surface area contributed by atoms with Crippen LogP contribution in [0.4, 0.5) is 4.79 Å². The molecule has 1 amide bonds. The molecule has 1 saturated carbocycles. The summed E-state index contributed by atoms with van der Waals surface area (Å²) in [6, 6.07) is -0.676. The van der Waals surface area contributed by atoms with Crippen molar-refractivity contribution in [1.29, 1.82) is 0 Å². The van der Waals surface area contributed by atoms with Gasteiger partial charge in [-0.05, 0) is 52.4 Å². The van der Waals surface area contributed by atoms with Crippen LogP contribution in [-0.4, -0.2) is 39.8 Å². The maximum absolute atomic E-state index is 12.3. The first-order valence-corrected chi connectivity index (χ1v) is 7.04. The molecule has 19 heavy (non-hydrogen) atoms. The zero-order valence-electron chi connectivity index (χ0n) is 11.9. The number of likely N-dealkylation sites (tertiary alicyclic amines) is 1. The summed E-state index contributed by atoms with van der Waals surface area (Å²) in [5.74, 6) is -0.468. The monoisotopic (exact) mass is 269 g/mol. The van der Waals surface area contributed by atoms with E-state index < -0.39 is 23.7 Å². The minimum Gasteiger partial charge on any atom is -0.480 e. The Morgan fingerprint density at radius 1 is 1.16 bits per heavy atom. The van der Waals surface area contributed by atoms with E-state index in [0.29, 0.717) is 12.3 Å². The van der Waals surface area contributed by atoms with E-state index in [-0.39, 0.29) is 6.04 Å². The molecule has 2 aliphatic rings. The molecule has 1 N–H and O–H groups in total. The molecule has 0 aromatic carbocycles. The van der Waals surface area contributed by atoms with E-state index in [2.05, 4.69) is 0 Å². The standard InChI is InChI=1S/C14H23NO4/c1-14(2,3)19-13(18)15-10(9-5-4-6-9)7-8-11(15)12(16)17/h9-11H,4-8H2,1-3H3,(H,16,17). The first-order valence-electron chi connectivity index (χ1n) is 7.04. The lowest BCUT2D eigenvalue weighted by molar-refractivity contribution is -0.142. The van der Waals surface area contributed by atoms with Crippen molar-refractivity contribution in [3.05, 3.63) is 0 Å². The van der Waals surface area contributed by atoms with Crippen LogP contribution in [0.3, 0.4) is 0 Å². The van der Waals surface area contributed by atoms with Crippen LogP contribution in [0.15, 0.2) is 0 Å². The Hall–Kier alpha value is -1.26. The van der Waals surface area contributed by atoms with Gasteiger partial charge >= 0.3 is 12.1 Å². The summed E-state index contributed by atoms with van der Waals surface area (Å²) in [6.45, 7) is 5.40. The van der Waals surface area contributed by atoms with Gasteiger partial charge in [0, 0.05) is 6.04 Å². The number of carboxylic acids is 1. The van der Waals surface area contributed by atoms with E-state index >= 15 is 0 Å². The highest BCUT2D eigenvalue weighted by atomic mass is 16.6. The van der Waals surface area contributed by atoms with Crippen LogP contribution in [0.2, 0.25) is 0 Å². The van der Waals surface area contributed by atoms with Crippen LogP contribution >= 0.6 is 0 Å². The van der Waals surface area contributed by atoms with Gasteiger partial charge in [-0.3, -0.25) is 4.90 Å². The van der Waals surface area contributed by atoms with Crippen molar-refractivity contribution >= 4 is 12.1 Å². The number of ether oxygens (including phenoxy) is 1. The zero-order chi connectivity index (χ0) is 14.2. The molecule has 2 rings (SSSR count).